The monoisotopic (exact) mass is 241 g/mol. The van der Waals surface area contributed by atoms with Crippen molar-refractivity contribution in [2.75, 3.05) is 32.8 Å². The second-order valence-electron chi connectivity index (χ2n) is 4.84. The van der Waals surface area contributed by atoms with E-state index in [4.69, 9.17) is 4.74 Å². The molecule has 1 saturated carbocycles. The average Bonchev–Trinajstić information content (AvgIpc) is 2.39. The smallest absolute Gasteiger partial charge is 0.235 e. The number of nitrogens with zero attached hydrogens (tertiary/aromatic N) is 1. The average molecular weight is 241 g/mol. The zero-order chi connectivity index (χ0) is 11.9. The Morgan fingerprint density at radius 2 is 1.88 bits per heavy atom. The van der Waals surface area contributed by atoms with Gasteiger partial charge in [0, 0.05) is 19.1 Å². The molecule has 0 aromatic carbocycles. The molecule has 0 unspecified atom stereocenters. The molecule has 5 heteroatoms. The van der Waals surface area contributed by atoms with E-state index in [0.717, 1.165) is 39.1 Å². The van der Waals surface area contributed by atoms with Crippen molar-refractivity contribution in [2.24, 2.45) is 0 Å². The number of carbonyl (C=O) groups excluding carboxylic acids is 1. The molecule has 0 radical (unpaired) electrons. The van der Waals surface area contributed by atoms with E-state index >= 15 is 0 Å². The summed E-state index contributed by atoms with van der Waals surface area (Å²) in [5.41, 5.74) is 3.15. The summed E-state index contributed by atoms with van der Waals surface area (Å²) in [6.07, 6.45) is 6.11. The van der Waals surface area contributed by atoms with Gasteiger partial charge in [0.15, 0.2) is 0 Å². The highest BCUT2D eigenvalue weighted by Gasteiger charge is 2.16. The van der Waals surface area contributed by atoms with Gasteiger partial charge in [-0.2, -0.15) is 0 Å². The molecule has 2 rings (SSSR count). The Hall–Kier alpha value is -0.650. The van der Waals surface area contributed by atoms with E-state index in [9.17, 15) is 4.79 Å². The molecule has 0 bridgehead atoms. The van der Waals surface area contributed by atoms with E-state index < -0.39 is 0 Å². The lowest BCUT2D eigenvalue weighted by Gasteiger charge is -2.28. The maximum atomic E-state index is 11.7. The van der Waals surface area contributed by atoms with Crippen LogP contribution in [-0.4, -0.2) is 49.8 Å². The lowest BCUT2D eigenvalue weighted by molar-refractivity contribution is -0.122. The molecule has 1 aliphatic carbocycles. The first kappa shape index (κ1) is 12.8. The summed E-state index contributed by atoms with van der Waals surface area (Å²) in [4.78, 5) is 11.7. The zero-order valence-electron chi connectivity index (χ0n) is 10.4. The van der Waals surface area contributed by atoms with Crippen LogP contribution in [0.1, 0.15) is 32.1 Å². The van der Waals surface area contributed by atoms with Crippen molar-refractivity contribution in [3.05, 3.63) is 0 Å². The van der Waals surface area contributed by atoms with Gasteiger partial charge < -0.3 is 10.1 Å². The summed E-state index contributed by atoms with van der Waals surface area (Å²) in [5, 5.41) is 5.16. The summed E-state index contributed by atoms with van der Waals surface area (Å²) in [7, 11) is 0. The predicted octanol–water partition coefficient (Wildman–Crippen LogP) is 0.272. The van der Waals surface area contributed by atoms with Crippen LogP contribution in [0.4, 0.5) is 0 Å². The van der Waals surface area contributed by atoms with Gasteiger partial charge in [-0.1, -0.05) is 19.3 Å². The lowest BCUT2D eigenvalue weighted by Crippen LogP contribution is -2.50. The first-order valence-electron chi connectivity index (χ1n) is 6.70. The third-order valence-corrected chi connectivity index (χ3v) is 3.44. The molecule has 0 aromatic heterocycles. The molecule has 0 aromatic rings. The van der Waals surface area contributed by atoms with Crippen LogP contribution in [0.3, 0.4) is 0 Å². The molecule has 98 valence electrons. The highest BCUT2D eigenvalue weighted by Crippen LogP contribution is 2.17. The van der Waals surface area contributed by atoms with Crippen molar-refractivity contribution >= 4 is 5.91 Å². The van der Waals surface area contributed by atoms with Crippen molar-refractivity contribution in [3.63, 3.8) is 0 Å². The van der Waals surface area contributed by atoms with Crippen LogP contribution in [0.2, 0.25) is 0 Å². The fourth-order valence-electron chi connectivity index (χ4n) is 2.43. The molecule has 2 fully saturated rings. The number of nitrogens with one attached hydrogen (secondary N) is 2. The van der Waals surface area contributed by atoms with E-state index in [-0.39, 0.29) is 5.91 Å². The first-order chi connectivity index (χ1) is 8.34. The summed E-state index contributed by atoms with van der Waals surface area (Å²) in [5.74, 6) is 0.114. The molecule has 1 saturated heterocycles. The van der Waals surface area contributed by atoms with Gasteiger partial charge in [0.2, 0.25) is 5.91 Å². The minimum absolute atomic E-state index is 0.114. The molecule has 2 aliphatic rings. The van der Waals surface area contributed by atoms with Crippen molar-refractivity contribution < 1.29 is 9.53 Å². The molecule has 17 heavy (non-hydrogen) atoms. The minimum Gasteiger partial charge on any atom is -0.379 e. The molecule has 1 amide bonds. The van der Waals surface area contributed by atoms with Crippen LogP contribution >= 0.6 is 0 Å². The maximum absolute atomic E-state index is 11.7. The van der Waals surface area contributed by atoms with E-state index in [1.54, 1.807) is 0 Å². The number of amides is 1. The normalized spacial score (nSPS) is 23.5. The quantitative estimate of drug-likeness (QED) is 0.742. The first-order valence-corrected chi connectivity index (χ1v) is 6.70. The highest BCUT2D eigenvalue weighted by atomic mass is 16.5. The van der Waals surface area contributed by atoms with Crippen LogP contribution < -0.4 is 10.7 Å². The van der Waals surface area contributed by atoms with Crippen molar-refractivity contribution in [1.29, 1.82) is 0 Å². The number of hydrazine groups is 1. The molecular weight excluding hydrogens is 218 g/mol. The van der Waals surface area contributed by atoms with Gasteiger partial charge in [-0.15, -0.1) is 0 Å². The SMILES string of the molecule is O=C(CNN1CCOCC1)NC1CCCCC1. The van der Waals surface area contributed by atoms with E-state index in [1.165, 1.54) is 19.3 Å². The lowest BCUT2D eigenvalue weighted by atomic mass is 9.95. The molecule has 0 atom stereocenters. The number of ether oxygens (including phenoxy) is 1. The van der Waals surface area contributed by atoms with E-state index in [2.05, 4.69) is 15.8 Å². The maximum Gasteiger partial charge on any atom is 0.235 e. The zero-order valence-corrected chi connectivity index (χ0v) is 10.4. The molecule has 1 heterocycles. The fourth-order valence-corrected chi connectivity index (χ4v) is 2.43. The Kier molecular flexibility index (Phi) is 5.22. The van der Waals surface area contributed by atoms with Gasteiger partial charge in [0.25, 0.3) is 0 Å². The number of rotatable bonds is 4. The minimum atomic E-state index is 0.114. The number of hydrogen-bond donors (Lipinski definition) is 2. The Morgan fingerprint density at radius 1 is 1.18 bits per heavy atom. The Balaban J connectivity index is 1.59. The van der Waals surface area contributed by atoms with Crippen molar-refractivity contribution in [1.82, 2.24) is 15.8 Å². The molecule has 0 spiro atoms. The van der Waals surface area contributed by atoms with Crippen LogP contribution in [-0.2, 0) is 9.53 Å². The molecule has 2 N–H and O–H groups in total. The molecule has 1 aliphatic heterocycles. The van der Waals surface area contributed by atoms with Gasteiger partial charge in [-0.3, -0.25) is 4.79 Å². The van der Waals surface area contributed by atoms with Crippen molar-refractivity contribution in [2.45, 2.75) is 38.1 Å². The van der Waals surface area contributed by atoms with Crippen molar-refractivity contribution in [3.8, 4) is 0 Å². The summed E-state index contributed by atoms with van der Waals surface area (Å²) in [6, 6.07) is 0.405. The third kappa shape index (κ3) is 4.61. The number of hydrogen-bond acceptors (Lipinski definition) is 4. The van der Waals surface area contributed by atoms with Gasteiger partial charge in [0.05, 0.1) is 19.8 Å². The van der Waals surface area contributed by atoms with Gasteiger partial charge in [-0.25, -0.2) is 10.4 Å². The van der Waals surface area contributed by atoms with Crippen LogP contribution in [0, 0.1) is 0 Å². The van der Waals surface area contributed by atoms with Gasteiger partial charge in [-0.05, 0) is 12.8 Å². The second-order valence-corrected chi connectivity index (χ2v) is 4.84. The number of carbonyl (C=O) groups is 1. The van der Waals surface area contributed by atoms with E-state index in [1.807, 2.05) is 0 Å². The predicted molar refractivity (Wildman–Crippen MR) is 65.4 cm³/mol. The summed E-state index contributed by atoms with van der Waals surface area (Å²) in [6.45, 7) is 3.60. The largest absolute Gasteiger partial charge is 0.379 e. The third-order valence-electron chi connectivity index (χ3n) is 3.44. The fraction of sp³-hybridized carbons (Fsp3) is 0.917. The standard InChI is InChI=1S/C12H23N3O2/c16-12(14-11-4-2-1-3-5-11)10-13-15-6-8-17-9-7-15/h11,13H,1-10H2,(H,14,16). The van der Waals surface area contributed by atoms with Crippen LogP contribution in [0.25, 0.3) is 0 Å². The Labute approximate surface area is 103 Å². The summed E-state index contributed by atoms with van der Waals surface area (Å²) >= 11 is 0. The van der Waals surface area contributed by atoms with Crippen LogP contribution in [0.15, 0.2) is 0 Å². The highest BCUT2D eigenvalue weighted by molar-refractivity contribution is 5.78. The van der Waals surface area contributed by atoms with Crippen LogP contribution in [0.5, 0.6) is 0 Å². The summed E-state index contributed by atoms with van der Waals surface area (Å²) < 4.78 is 5.25. The van der Waals surface area contributed by atoms with Gasteiger partial charge in [0.1, 0.15) is 0 Å². The molecule has 5 nitrogen and oxygen atoms in total. The Morgan fingerprint density at radius 3 is 2.59 bits per heavy atom. The Bertz CT molecular complexity index is 236. The van der Waals surface area contributed by atoms with E-state index in [0.29, 0.717) is 12.6 Å². The topological polar surface area (TPSA) is 53.6 Å². The molecular formula is C12H23N3O2. The number of morpholine rings is 1. The van der Waals surface area contributed by atoms with Gasteiger partial charge >= 0.3 is 0 Å². The second kappa shape index (κ2) is 6.93.